The molecule has 0 N–H and O–H groups in total. The molecule has 1 fully saturated rings. The van der Waals surface area contributed by atoms with Crippen LogP contribution in [0.25, 0.3) is 0 Å². The Morgan fingerprint density at radius 1 is 1.12 bits per heavy atom. The van der Waals surface area contributed by atoms with E-state index in [1.807, 2.05) is 0 Å². The van der Waals surface area contributed by atoms with Crippen molar-refractivity contribution in [2.75, 3.05) is 32.8 Å². The van der Waals surface area contributed by atoms with Gasteiger partial charge in [0, 0.05) is 31.7 Å². The van der Waals surface area contributed by atoms with E-state index in [1.54, 1.807) is 34.9 Å². The number of amides is 2. The number of hydrogen-bond donors (Lipinski definition) is 0. The van der Waals surface area contributed by atoms with Crippen LogP contribution in [0.2, 0.25) is 0 Å². The largest absolute Gasteiger partial charge is 0.491 e. The average Bonchev–Trinajstić information content (AvgIpc) is 3.17. The number of carbonyl (C=O) groups is 2. The summed E-state index contributed by atoms with van der Waals surface area (Å²) in [5.41, 5.74) is 0.270. The molecule has 132 valence electrons. The molecule has 7 heteroatoms. The number of benzene rings is 1. The zero-order chi connectivity index (χ0) is 17.8. The SMILES string of the molecule is CCOc1ccc(C(=O)N2CCN(C(=O)c3ccco3)CC2)cc1F. The zero-order valence-corrected chi connectivity index (χ0v) is 13.9. The molecule has 0 radical (unpaired) electrons. The van der Waals surface area contributed by atoms with E-state index in [0.29, 0.717) is 32.8 Å². The molecule has 1 aliphatic heterocycles. The Kier molecular flexibility index (Phi) is 5.02. The van der Waals surface area contributed by atoms with Crippen LogP contribution in [0.5, 0.6) is 5.75 Å². The first kappa shape index (κ1) is 17.0. The number of carbonyl (C=O) groups excluding carboxylic acids is 2. The summed E-state index contributed by atoms with van der Waals surface area (Å²) >= 11 is 0. The van der Waals surface area contributed by atoms with E-state index in [4.69, 9.17) is 9.15 Å². The first-order valence-electron chi connectivity index (χ1n) is 8.14. The van der Waals surface area contributed by atoms with E-state index in [9.17, 15) is 14.0 Å². The molecule has 1 aromatic carbocycles. The fourth-order valence-corrected chi connectivity index (χ4v) is 2.76. The lowest BCUT2D eigenvalue weighted by atomic mass is 10.1. The van der Waals surface area contributed by atoms with Crippen molar-refractivity contribution in [3.8, 4) is 5.75 Å². The van der Waals surface area contributed by atoms with Gasteiger partial charge in [-0.25, -0.2) is 4.39 Å². The third-order valence-corrected chi connectivity index (χ3v) is 4.06. The second-order valence-corrected chi connectivity index (χ2v) is 5.64. The molecule has 1 aliphatic rings. The summed E-state index contributed by atoms with van der Waals surface area (Å²) in [5.74, 6) is -0.586. The van der Waals surface area contributed by atoms with Crippen LogP contribution in [-0.2, 0) is 0 Å². The van der Waals surface area contributed by atoms with Gasteiger partial charge in [-0.15, -0.1) is 0 Å². The quantitative estimate of drug-likeness (QED) is 0.853. The molecule has 1 aromatic heterocycles. The highest BCUT2D eigenvalue weighted by atomic mass is 19.1. The fourth-order valence-electron chi connectivity index (χ4n) is 2.76. The molecule has 0 bridgehead atoms. The Labute approximate surface area is 144 Å². The van der Waals surface area contributed by atoms with Gasteiger partial charge in [0.2, 0.25) is 0 Å². The van der Waals surface area contributed by atoms with Crippen LogP contribution in [0, 0.1) is 5.82 Å². The topological polar surface area (TPSA) is 63.0 Å². The second-order valence-electron chi connectivity index (χ2n) is 5.64. The molecule has 25 heavy (non-hydrogen) atoms. The molecular formula is C18H19FN2O4. The predicted molar refractivity (Wildman–Crippen MR) is 88.1 cm³/mol. The summed E-state index contributed by atoms with van der Waals surface area (Å²) in [6.45, 7) is 3.72. The van der Waals surface area contributed by atoms with Gasteiger partial charge >= 0.3 is 0 Å². The third kappa shape index (κ3) is 3.65. The van der Waals surface area contributed by atoms with Gasteiger partial charge < -0.3 is 19.0 Å². The number of rotatable bonds is 4. The molecule has 2 aromatic rings. The summed E-state index contributed by atoms with van der Waals surface area (Å²) in [5, 5.41) is 0. The number of halogens is 1. The molecule has 0 atom stereocenters. The van der Waals surface area contributed by atoms with Crippen molar-refractivity contribution in [1.29, 1.82) is 0 Å². The fraction of sp³-hybridized carbons (Fsp3) is 0.333. The maximum absolute atomic E-state index is 13.9. The van der Waals surface area contributed by atoms with E-state index < -0.39 is 5.82 Å². The number of nitrogens with zero attached hydrogens (tertiary/aromatic N) is 2. The van der Waals surface area contributed by atoms with Crippen molar-refractivity contribution in [2.45, 2.75) is 6.92 Å². The van der Waals surface area contributed by atoms with Crippen molar-refractivity contribution in [1.82, 2.24) is 9.80 Å². The molecule has 0 aliphatic carbocycles. The summed E-state index contributed by atoms with van der Waals surface area (Å²) in [7, 11) is 0. The Balaban J connectivity index is 1.62. The van der Waals surface area contributed by atoms with Gasteiger partial charge in [-0.05, 0) is 37.3 Å². The van der Waals surface area contributed by atoms with Gasteiger partial charge in [0.15, 0.2) is 17.3 Å². The summed E-state index contributed by atoms with van der Waals surface area (Å²) < 4.78 is 24.2. The smallest absolute Gasteiger partial charge is 0.289 e. The minimum atomic E-state index is -0.556. The van der Waals surface area contributed by atoms with E-state index in [0.717, 1.165) is 0 Å². The standard InChI is InChI=1S/C18H19FN2O4/c1-2-24-15-6-5-13(12-14(15)19)17(22)20-7-9-21(10-8-20)18(23)16-4-3-11-25-16/h3-6,11-12H,2,7-10H2,1H3. The number of furan rings is 1. The van der Waals surface area contributed by atoms with Crippen LogP contribution in [0.15, 0.2) is 41.0 Å². The van der Waals surface area contributed by atoms with Crippen LogP contribution in [-0.4, -0.2) is 54.4 Å². The van der Waals surface area contributed by atoms with Crippen LogP contribution in [0.4, 0.5) is 4.39 Å². The Hall–Kier alpha value is -2.83. The average molecular weight is 346 g/mol. The van der Waals surface area contributed by atoms with Crippen LogP contribution >= 0.6 is 0 Å². The lowest BCUT2D eigenvalue weighted by molar-refractivity contribution is 0.0518. The molecule has 0 spiro atoms. The Bertz CT molecular complexity index is 752. The van der Waals surface area contributed by atoms with E-state index in [-0.39, 0.29) is 28.9 Å². The minimum Gasteiger partial charge on any atom is -0.491 e. The lowest BCUT2D eigenvalue weighted by Crippen LogP contribution is -2.50. The maximum Gasteiger partial charge on any atom is 0.289 e. The molecule has 1 saturated heterocycles. The van der Waals surface area contributed by atoms with Crippen molar-refractivity contribution in [3.05, 3.63) is 53.7 Å². The summed E-state index contributed by atoms with van der Waals surface area (Å²) in [6, 6.07) is 7.48. The molecule has 3 rings (SSSR count). The van der Waals surface area contributed by atoms with Crippen molar-refractivity contribution < 1.29 is 23.1 Å². The highest BCUT2D eigenvalue weighted by Crippen LogP contribution is 2.20. The van der Waals surface area contributed by atoms with Gasteiger partial charge in [0.25, 0.3) is 11.8 Å². The van der Waals surface area contributed by atoms with Crippen molar-refractivity contribution in [3.63, 3.8) is 0 Å². The van der Waals surface area contributed by atoms with Crippen LogP contribution in [0.1, 0.15) is 27.8 Å². The van der Waals surface area contributed by atoms with Gasteiger partial charge in [0.05, 0.1) is 12.9 Å². The predicted octanol–water partition coefficient (Wildman–Crippen LogP) is 2.42. The summed E-state index contributed by atoms with van der Waals surface area (Å²) in [4.78, 5) is 28.0. The van der Waals surface area contributed by atoms with Crippen molar-refractivity contribution in [2.24, 2.45) is 0 Å². The highest BCUT2D eigenvalue weighted by molar-refractivity contribution is 5.95. The molecule has 6 nitrogen and oxygen atoms in total. The van der Waals surface area contributed by atoms with Gasteiger partial charge in [0.1, 0.15) is 0 Å². The minimum absolute atomic E-state index is 0.132. The van der Waals surface area contributed by atoms with Crippen LogP contribution in [0.3, 0.4) is 0 Å². The van der Waals surface area contributed by atoms with E-state index >= 15 is 0 Å². The number of ether oxygens (including phenoxy) is 1. The monoisotopic (exact) mass is 346 g/mol. The van der Waals surface area contributed by atoms with Gasteiger partial charge in [-0.2, -0.15) is 0 Å². The Morgan fingerprint density at radius 2 is 1.80 bits per heavy atom. The van der Waals surface area contributed by atoms with Crippen LogP contribution < -0.4 is 4.74 Å². The first-order chi connectivity index (χ1) is 12.1. The van der Waals surface area contributed by atoms with E-state index in [1.165, 1.54) is 18.4 Å². The van der Waals surface area contributed by atoms with Crippen molar-refractivity contribution >= 4 is 11.8 Å². The number of hydrogen-bond acceptors (Lipinski definition) is 4. The zero-order valence-electron chi connectivity index (χ0n) is 13.9. The first-order valence-corrected chi connectivity index (χ1v) is 8.14. The van der Waals surface area contributed by atoms with E-state index in [2.05, 4.69) is 0 Å². The normalized spacial score (nSPS) is 14.5. The second kappa shape index (κ2) is 7.38. The lowest BCUT2D eigenvalue weighted by Gasteiger charge is -2.34. The van der Waals surface area contributed by atoms with Gasteiger partial charge in [-0.1, -0.05) is 0 Å². The molecular weight excluding hydrogens is 327 g/mol. The molecule has 2 heterocycles. The van der Waals surface area contributed by atoms with Gasteiger partial charge in [-0.3, -0.25) is 9.59 Å². The Morgan fingerprint density at radius 3 is 2.36 bits per heavy atom. The molecule has 2 amide bonds. The maximum atomic E-state index is 13.9. The third-order valence-electron chi connectivity index (χ3n) is 4.06. The molecule has 0 saturated carbocycles. The molecule has 0 unspecified atom stereocenters. The highest BCUT2D eigenvalue weighted by Gasteiger charge is 2.27. The summed E-state index contributed by atoms with van der Waals surface area (Å²) in [6.07, 6.45) is 1.45. The number of piperazine rings is 1.